The van der Waals surface area contributed by atoms with Gasteiger partial charge in [0.1, 0.15) is 18.7 Å². The number of aromatic nitrogens is 3. The molecule has 8 heteroatoms. The zero-order valence-corrected chi connectivity index (χ0v) is 11.9. The monoisotopic (exact) mass is 319 g/mol. The lowest BCUT2D eigenvalue weighted by Crippen LogP contribution is -2.12. The summed E-state index contributed by atoms with van der Waals surface area (Å²) < 4.78 is 45.9. The first-order valence-corrected chi connectivity index (χ1v) is 6.74. The molecule has 0 unspecified atom stereocenters. The van der Waals surface area contributed by atoms with Crippen LogP contribution in [0.5, 0.6) is 5.75 Å². The molecule has 0 aliphatic carbocycles. The lowest BCUT2D eigenvalue weighted by molar-refractivity contribution is -0.139. The maximum Gasteiger partial charge on any atom is 0.419 e. The van der Waals surface area contributed by atoms with E-state index in [0.717, 1.165) is 6.07 Å². The van der Waals surface area contributed by atoms with Crippen LogP contribution in [0.3, 0.4) is 0 Å². The first-order chi connectivity index (χ1) is 9.95. The summed E-state index contributed by atoms with van der Waals surface area (Å²) in [6.07, 6.45) is -3.17. The van der Waals surface area contributed by atoms with Crippen LogP contribution in [-0.4, -0.2) is 14.8 Å². The van der Waals surface area contributed by atoms with Crippen LogP contribution in [0.25, 0.3) is 0 Å². The van der Waals surface area contributed by atoms with Crippen molar-refractivity contribution in [2.75, 3.05) is 0 Å². The number of alkyl halides is 4. The highest BCUT2D eigenvalue weighted by molar-refractivity contribution is 6.17. The van der Waals surface area contributed by atoms with Crippen LogP contribution in [0, 0.1) is 0 Å². The third kappa shape index (κ3) is 3.66. The number of benzene rings is 1. The summed E-state index contributed by atoms with van der Waals surface area (Å²) >= 11 is 5.57. The third-order valence-electron chi connectivity index (χ3n) is 2.86. The quantitative estimate of drug-likeness (QED) is 0.790. The molecule has 114 valence electrons. The smallest absolute Gasteiger partial charge is 0.419 e. The Morgan fingerprint density at radius 1 is 1.33 bits per heavy atom. The van der Waals surface area contributed by atoms with Gasteiger partial charge in [0.05, 0.1) is 5.56 Å². The van der Waals surface area contributed by atoms with Crippen molar-refractivity contribution in [3.63, 3.8) is 0 Å². The number of aryl methyl sites for hydroxylation is 1. The lowest BCUT2D eigenvalue weighted by atomic mass is 10.1. The van der Waals surface area contributed by atoms with Crippen molar-refractivity contribution in [2.24, 2.45) is 0 Å². The van der Waals surface area contributed by atoms with E-state index in [4.69, 9.17) is 16.3 Å². The van der Waals surface area contributed by atoms with Crippen LogP contribution in [0.4, 0.5) is 13.2 Å². The Kier molecular flexibility index (Phi) is 4.72. The molecule has 0 N–H and O–H groups in total. The molecule has 0 aliphatic heterocycles. The Morgan fingerprint density at radius 3 is 2.71 bits per heavy atom. The summed E-state index contributed by atoms with van der Waals surface area (Å²) in [4.78, 5) is 3.95. The third-order valence-corrected chi connectivity index (χ3v) is 3.16. The SMILES string of the molecule is CCn1ncnc1COc1ccc(CCl)cc1C(F)(F)F. The molecule has 2 rings (SSSR count). The maximum atomic E-state index is 13.0. The second-order valence-electron chi connectivity index (χ2n) is 4.24. The van der Waals surface area contributed by atoms with Gasteiger partial charge in [-0.1, -0.05) is 6.07 Å². The Bertz CT molecular complexity index is 613. The molecule has 1 heterocycles. The zero-order valence-electron chi connectivity index (χ0n) is 11.2. The van der Waals surface area contributed by atoms with E-state index in [2.05, 4.69) is 10.1 Å². The van der Waals surface area contributed by atoms with Gasteiger partial charge in [0.15, 0.2) is 5.82 Å². The molecule has 0 spiro atoms. The van der Waals surface area contributed by atoms with Crippen molar-refractivity contribution in [1.82, 2.24) is 14.8 Å². The second kappa shape index (κ2) is 6.34. The van der Waals surface area contributed by atoms with Crippen molar-refractivity contribution < 1.29 is 17.9 Å². The highest BCUT2D eigenvalue weighted by Gasteiger charge is 2.34. The molecule has 0 radical (unpaired) electrons. The molecule has 0 aliphatic rings. The topological polar surface area (TPSA) is 39.9 Å². The molecule has 1 aromatic heterocycles. The van der Waals surface area contributed by atoms with Gasteiger partial charge in [0.25, 0.3) is 0 Å². The molecular formula is C13H13ClF3N3O. The van der Waals surface area contributed by atoms with Gasteiger partial charge in [-0.3, -0.25) is 0 Å². The van der Waals surface area contributed by atoms with Crippen molar-refractivity contribution in [2.45, 2.75) is 32.1 Å². The second-order valence-corrected chi connectivity index (χ2v) is 4.51. The summed E-state index contributed by atoms with van der Waals surface area (Å²) in [6, 6.07) is 3.77. The predicted octanol–water partition coefficient (Wildman–Crippen LogP) is 3.63. The number of halogens is 4. The summed E-state index contributed by atoms with van der Waals surface area (Å²) in [7, 11) is 0. The number of rotatable bonds is 5. The summed E-state index contributed by atoms with van der Waals surface area (Å²) in [5, 5.41) is 3.93. The molecule has 21 heavy (non-hydrogen) atoms. The largest absolute Gasteiger partial charge is 0.485 e. The first kappa shape index (κ1) is 15.6. The van der Waals surface area contributed by atoms with E-state index in [-0.39, 0.29) is 18.2 Å². The molecule has 0 saturated carbocycles. The van der Waals surface area contributed by atoms with Crippen LogP contribution in [-0.2, 0) is 25.2 Å². The average Bonchev–Trinajstić information content (AvgIpc) is 2.91. The van der Waals surface area contributed by atoms with Gasteiger partial charge in [-0.15, -0.1) is 11.6 Å². The van der Waals surface area contributed by atoms with E-state index in [1.165, 1.54) is 18.5 Å². The van der Waals surface area contributed by atoms with E-state index in [0.29, 0.717) is 17.9 Å². The normalized spacial score (nSPS) is 11.7. The van der Waals surface area contributed by atoms with Crippen LogP contribution in [0.1, 0.15) is 23.9 Å². The van der Waals surface area contributed by atoms with Gasteiger partial charge in [-0.2, -0.15) is 18.3 Å². The Morgan fingerprint density at radius 2 is 2.10 bits per heavy atom. The van der Waals surface area contributed by atoms with Crippen LogP contribution >= 0.6 is 11.6 Å². The lowest BCUT2D eigenvalue weighted by Gasteiger charge is -2.15. The van der Waals surface area contributed by atoms with E-state index in [1.54, 1.807) is 4.68 Å². The van der Waals surface area contributed by atoms with Gasteiger partial charge in [0.2, 0.25) is 0 Å². The standard InChI is InChI=1S/C13H13ClF3N3O/c1-2-20-12(18-8-19-20)7-21-11-4-3-9(6-14)5-10(11)13(15,16)17/h3-5,8H,2,6-7H2,1H3. The predicted molar refractivity (Wildman–Crippen MR) is 71.0 cm³/mol. The fourth-order valence-electron chi connectivity index (χ4n) is 1.81. The molecule has 0 amide bonds. The van der Waals surface area contributed by atoms with Crippen molar-refractivity contribution in [3.05, 3.63) is 41.5 Å². The number of hydrogen-bond acceptors (Lipinski definition) is 3. The Labute approximate surface area is 124 Å². The molecule has 2 aromatic rings. The first-order valence-electron chi connectivity index (χ1n) is 6.21. The van der Waals surface area contributed by atoms with Gasteiger partial charge in [-0.25, -0.2) is 9.67 Å². The maximum absolute atomic E-state index is 13.0. The minimum atomic E-state index is -4.50. The molecule has 0 fully saturated rings. The van der Waals surface area contributed by atoms with Crippen molar-refractivity contribution >= 4 is 11.6 Å². The summed E-state index contributed by atoms with van der Waals surface area (Å²) in [5.41, 5.74) is -0.462. The Balaban J connectivity index is 2.23. The number of ether oxygens (including phenoxy) is 1. The number of hydrogen-bond donors (Lipinski definition) is 0. The van der Waals surface area contributed by atoms with Crippen molar-refractivity contribution in [3.8, 4) is 5.75 Å². The van der Waals surface area contributed by atoms with Crippen LogP contribution in [0.2, 0.25) is 0 Å². The van der Waals surface area contributed by atoms with E-state index in [1.807, 2.05) is 6.92 Å². The zero-order chi connectivity index (χ0) is 15.5. The highest BCUT2D eigenvalue weighted by Crippen LogP contribution is 2.37. The molecule has 1 aromatic carbocycles. The average molecular weight is 320 g/mol. The molecule has 0 saturated heterocycles. The minimum Gasteiger partial charge on any atom is -0.485 e. The summed E-state index contributed by atoms with van der Waals surface area (Å²) in [6.45, 7) is 2.34. The van der Waals surface area contributed by atoms with Crippen LogP contribution in [0.15, 0.2) is 24.5 Å². The van der Waals surface area contributed by atoms with Gasteiger partial charge >= 0.3 is 6.18 Å². The molecular weight excluding hydrogens is 307 g/mol. The van der Waals surface area contributed by atoms with Crippen LogP contribution < -0.4 is 4.74 Å². The van der Waals surface area contributed by atoms with Gasteiger partial charge < -0.3 is 4.74 Å². The Hall–Kier alpha value is -1.76. The van der Waals surface area contributed by atoms with E-state index in [9.17, 15) is 13.2 Å². The number of nitrogens with zero attached hydrogens (tertiary/aromatic N) is 3. The molecule has 0 atom stereocenters. The van der Waals surface area contributed by atoms with E-state index < -0.39 is 11.7 Å². The highest BCUT2D eigenvalue weighted by atomic mass is 35.5. The van der Waals surface area contributed by atoms with E-state index >= 15 is 0 Å². The molecule has 0 bridgehead atoms. The molecule has 4 nitrogen and oxygen atoms in total. The van der Waals surface area contributed by atoms with Gasteiger partial charge in [-0.05, 0) is 24.6 Å². The van der Waals surface area contributed by atoms with Gasteiger partial charge in [0, 0.05) is 12.4 Å². The summed E-state index contributed by atoms with van der Waals surface area (Å²) in [5.74, 6) is 0.224. The fraction of sp³-hybridized carbons (Fsp3) is 0.385. The minimum absolute atomic E-state index is 0.00746. The fourth-order valence-corrected chi connectivity index (χ4v) is 1.98. The van der Waals surface area contributed by atoms with Crippen molar-refractivity contribution in [1.29, 1.82) is 0 Å².